The third-order valence-corrected chi connectivity index (χ3v) is 2.05. The number of nitrogens with two attached hydrogens (primary N) is 1. The highest BCUT2D eigenvalue weighted by Gasteiger charge is 2.05. The highest BCUT2D eigenvalue weighted by atomic mass is 15.3. The second kappa shape index (κ2) is 5.72. The molecule has 0 aromatic carbocycles. The van der Waals surface area contributed by atoms with E-state index in [0.29, 0.717) is 6.54 Å². The summed E-state index contributed by atoms with van der Waals surface area (Å²) >= 11 is 0. The molecule has 0 aliphatic heterocycles. The third kappa shape index (κ3) is 3.08. The number of hydrogen-bond acceptors (Lipinski definition) is 4. The van der Waals surface area contributed by atoms with Crippen molar-refractivity contribution in [3.05, 3.63) is 12.2 Å². The number of likely N-dealkylation sites (N-methyl/N-ethyl adjacent to an activating group) is 1. The van der Waals surface area contributed by atoms with E-state index in [4.69, 9.17) is 5.73 Å². The van der Waals surface area contributed by atoms with Gasteiger partial charge in [0.1, 0.15) is 12.2 Å². The van der Waals surface area contributed by atoms with Crippen LogP contribution in [0.2, 0.25) is 0 Å². The Morgan fingerprint density at radius 1 is 1.57 bits per heavy atom. The van der Waals surface area contributed by atoms with Crippen molar-refractivity contribution in [1.29, 1.82) is 0 Å². The lowest BCUT2D eigenvalue weighted by Crippen LogP contribution is -2.26. The van der Waals surface area contributed by atoms with Gasteiger partial charge in [0, 0.05) is 19.6 Å². The molecule has 1 aromatic rings. The number of aromatic nitrogens is 3. The summed E-state index contributed by atoms with van der Waals surface area (Å²) in [5.41, 5.74) is 5.47. The maximum absolute atomic E-state index is 5.47. The van der Waals surface area contributed by atoms with Gasteiger partial charge in [-0.3, -0.25) is 4.90 Å². The first-order valence-electron chi connectivity index (χ1n) is 5.03. The standard InChI is InChI=1S/C9H19N5/c1-3-5-14-9(11-8-12-14)7-13(2)6-4-10/h8H,3-7,10H2,1-2H3. The molecule has 1 heterocycles. The van der Waals surface area contributed by atoms with Crippen molar-refractivity contribution in [2.45, 2.75) is 26.4 Å². The fourth-order valence-corrected chi connectivity index (χ4v) is 1.35. The van der Waals surface area contributed by atoms with E-state index in [2.05, 4.69) is 21.9 Å². The Kier molecular flexibility index (Phi) is 4.55. The van der Waals surface area contributed by atoms with Gasteiger partial charge in [-0.1, -0.05) is 6.92 Å². The quantitative estimate of drug-likeness (QED) is 0.701. The van der Waals surface area contributed by atoms with Crippen LogP contribution in [0.1, 0.15) is 19.2 Å². The summed E-state index contributed by atoms with van der Waals surface area (Å²) in [4.78, 5) is 6.38. The minimum Gasteiger partial charge on any atom is -0.329 e. The predicted octanol–water partition coefficient (Wildman–Crippen LogP) is 0.0786. The average molecular weight is 197 g/mol. The topological polar surface area (TPSA) is 60.0 Å². The van der Waals surface area contributed by atoms with Crippen LogP contribution < -0.4 is 5.73 Å². The monoisotopic (exact) mass is 197 g/mol. The van der Waals surface area contributed by atoms with E-state index in [-0.39, 0.29) is 0 Å². The number of nitrogens with zero attached hydrogens (tertiary/aromatic N) is 4. The zero-order valence-corrected chi connectivity index (χ0v) is 8.98. The Bertz CT molecular complexity index is 257. The summed E-state index contributed by atoms with van der Waals surface area (Å²) in [7, 11) is 2.04. The zero-order valence-electron chi connectivity index (χ0n) is 8.98. The van der Waals surface area contributed by atoms with Crippen molar-refractivity contribution in [1.82, 2.24) is 19.7 Å². The SMILES string of the molecule is CCCn1ncnc1CN(C)CCN. The Morgan fingerprint density at radius 3 is 3.00 bits per heavy atom. The smallest absolute Gasteiger partial charge is 0.140 e. The highest BCUT2D eigenvalue weighted by Crippen LogP contribution is 1.99. The number of hydrogen-bond donors (Lipinski definition) is 1. The van der Waals surface area contributed by atoms with Crippen LogP contribution in [-0.4, -0.2) is 39.8 Å². The minimum absolute atomic E-state index is 0.679. The van der Waals surface area contributed by atoms with Gasteiger partial charge in [0.2, 0.25) is 0 Å². The molecule has 1 aromatic heterocycles. The van der Waals surface area contributed by atoms with Crippen LogP contribution in [0.3, 0.4) is 0 Å². The molecule has 80 valence electrons. The van der Waals surface area contributed by atoms with Crippen LogP contribution in [0, 0.1) is 0 Å². The first kappa shape index (κ1) is 11.1. The Labute approximate surface area is 84.9 Å². The molecule has 0 saturated heterocycles. The first-order valence-corrected chi connectivity index (χ1v) is 5.03. The lowest BCUT2D eigenvalue weighted by Gasteiger charge is -2.14. The summed E-state index contributed by atoms with van der Waals surface area (Å²) in [5, 5.41) is 4.17. The van der Waals surface area contributed by atoms with E-state index in [1.807, 2.05) is 11.7 Å². The molecule has 5 nitrogen and oxygen atoms in total. The molecule has 1 rings (SSSR count). The van der Waals surface area contributed by atoms with Crippen molar-refractivity contribution < 1.29 is 0 Å². The number of rotatable bonds is 6. The molecule has 0 atom stereocenters. The second-order valence-corrected chi connectivity index (χ2v) is 3.43. The van der Waals surface area contributed by atoms with E-state index in [0.717, 1.165) is 31.9 Å². The summed E-state index contributed by atoms with van der Waals surface area (Å²) in [6.45, 7) is 5.45. The summed E-state index contributed by atoms with van der Waals surface area (Å²) < 4.78 is 1.95. The van der Waals surface area contributed by atoms with E-state index in [1.54, 1.807) is 6.33 Å². The van der Waals surface area contributed by atoms with Gasteiger partial charge in [-0.25, -0.2) is 9.67 Å². The van der Waals surface area contributed by atoms with E-state index in [1.165, 1.54) is 0 Å². The maximum atomic E-state index is 5.47. The molecule has 0 fully saturated rings. The molecule has 0 radical (unpaired) electrons. The maximum Gasteiger partial charge on any atom is 0.140 e. The molecule has 0 spiro atoms. The molecule has 14 heavy (non-hydrogen) atoms. The van der Waals surface area contributed by atoms with E-state index < -0.39 is 0 Å². The molecule has 2 N–H and O–H groups in total. The van der Waals surface area contributed by atoms with Crippen molar-refractivity contribution in [3.63, 3.8) is 0 Å². The fourth-order valence-electron chi connectivity index (χ4n) is 1.35. The Hall–Kier alpha value is -0.940. The Balaban J connectivity index is 2.52. The van der Waals surface area contributed by atoms with Gasteiger partial charge in [-0.2, -0.15) is 5.10 Å². The van der Waals surface area contributed by atoms with Gasteiger partial charge >= 0.3 is 0 Å². The van der Waals surface area contributed by atoms with Crippen LogP contribution in [0.15, 0.2) is 6.33 Å². The predicted molar refractivity (Wildman–Crippen MR) is 55.7 cm³/mol. The van der Waals surface area contributed by atoms with Gasteiger partial charge in [0.05, 0.1) is 6.54 Å². The highest BCUT2D eigenvalue weighted by molar-refractivity contribution is 4.84. The van der Waals surface area contributed by atoms with Crippen molar-refractivity contribution >= 4 is 0 Å². The lowest BCUT2D eigenvalue weighted by molar-refractivity contribution is 0.318. The third-order valence-electron chi connectivity index (χ3n) is 2.05. The first-order chi connectivity index (χ1) is 6.77. The molecule has 0 aliphatic rings. The zero-order chi connectivity index (χ0) is 10.4. The van der Waals surface area contributed by atoms with Crippen LogP contribution in [0.5, 0.6) is 0 Å². The van der Waals surface area contributed by atoms with Crippen LogP contribution >= 0.6 is 0 Å². The van der Waals surface area contributed by atoms with Crippen LogP contribution in [0.4, 0.5) is 0 Å². The van der Waals surface area contributed by atoms with E-state index in [9.17, 15) is 0 Å². The molecule has 0 unspecified atom stereocenters. The van der Waals surface area contributed by atoms with Crippen LogP contribution in [0.25, 0.3) is 0 Å². The summed E-state index contributed by atoms with van der Waals surface area (Å²) in [6, 6.07) is 0. The molecular formula is C9H19N5. The van der Waals surface area contributed by atoms with Gasteiger partial charge in [0.25, 0.3) is 0 Å². The lowest BCUT2D eigenvalue weighted by atomic mass is 10.4. The van der Waals surface area contributed by atoms with Crippen molar-refractivity contribution in [2.24, 2.45) is 5.73 Å². The molecule has 0 aliphatic carbocycles. The van der Waals surface area contributed by atoms with Crippen molar-refractivity contribution in [2.75, 3.05) is 20.1 Å². The normalized spacial score (nSPS) is 11.1. The van der Waals surface area contributed by atoms with Crippen molar-refractivity contribution in [3.8, 4) is 0 Å². The van der Waals surface area contributed by atoms with Gasteiger partial charge in [-0.15, -0.1) is 0 Å². The molecule has 0 amide bonds. The van der Waals surface area contributed by atoms with Gasteiger partial charge < -0.3 is 5.73 Å². The average Bonchev–Trinajstić information content (AvgIpc) is 2.54. The minimum atomic E-state index is 0.679. The molecule has 0 bridgehead atoms. The second-order valence-electron chi connectivity index (χ2n) is 3.43. The number of aryl methyl sites for hydroxylation is 1. The van der Waals surface area contributed by atoms with E-state index >= 15 is 0 Å². The molecule has 5 heteroatoms. The van der Waals surface area contributed by atoms with Crippen LogP contribution in [-0.2, 0) is 13.1 Å². The van der Waals surface area contributed by atoms with Gasteiger partial charge in [-0.05, 0) is 13.5 Å². The Morgan fingerprint density at radius 2 is 2.36 bits per heavy atom. The largest absolute Gasteiger partial charge is 0.329 e. The summed E-state index contributed by atoms with van der Waals surface area (Å²) in [6.07, 6.45) is 2.69. The summed E-state index contributed by atoms with van der Waals surface area (Å²) in [5.74, 6) is 1.02. The molecule has 0 saturated carbocycles. The fraction of sp³-hybridized carbons (Fsp3) is 0.778. The van der Waals surface area contributed by atoms with Gasteiger partial charge in [0.15, 0.2) is 0 Å². The molecular weight excluding hydrogens is 178 g/mol.